The molecule has 2 aliphatic heterocycles. The van der Waals surface area contributed by atoms with E-state index in [0.29, 0.717) is 5.56 Å². The van der Waals surface area contributed by atoms with Crippen molar-refractivity contribution < 1.29 is 13.2 Å². The number of hydrogen-bond acceptors (Lipinski definition) is 4. The van der Waals surface area contributed by atoms with Crippen molar-refractivity contribution >= 4 is 21.8 Å². The number of amides is 1. The van der Waals surface area contributed by atoms with Crippen LogP contribution in [0, 0.1) is 5.92 Å². The molecule has 142 valence electrons. The average molecular weight is 378 g/mol. The predicted octanol–water partition coefficient (Wildman–Crippen LogP) is 2.54. The molecule has 1 aromatic carbocycles. The molecule has 6 nitrogen and oxygen atoms in total. The molecule has 2 atom stereocenters. The van der Waals surface area contributed by atoms with Crippen LogP contribution in [0.15, 0.2) is 34.2 Å². The molecule has 7 heteroatoms. The highest BCUT2D eigenvalue weighted by Gasteiger charge is 2.34. The van der Waals surface area contributed by atoms with E-state index in [2.05, 4.69) is 9.71 Å². The Morgan fingerprint density at radius 3 is 2.50 bits per heavy atom. The van der Waals surface area contributed by atoms with E-state index >= 15 is 0 Å². The molecule has 0 spiro atoms. The van der Waals surface area contributed by atoms with Crippen LogP contribution < -0.4 is 4.72 Å². The van der Waals surface area contributed by atoms with Crippen molar-refractivity contribution in [1.82, 2.24) is 9.62 Å². The van der Waals surface area contributed by atoms with Crippen LogP contribution in [-0.2, 0) is 14.8 Å². The quantitative estimate of drug-likeness (QED) is 0.876. The summed E-state index contributed by atoms with van der Waals surface area (Å²) in [6, 6.07) is 6.20. The second-order valence-corrected chi connectivity index (χ2v) is 8.80. The lowest BCUT2D eigenvalue weighted by atomic mass is 9.98. The average Bonchev–Trinajstić information content (AvgIpc) is 2.82. The van der Waals surface area contributed by atoms with Gasteiger partial charge in [0.1, 0.15) is 11.9 Å². The highest BCUT2D eigenvalue weighted by Crippen LogP contribution is 2.25. The van der Waals surface area contributed by atoms with Crippen molar-refractivity contribution in [2.75, 3.05) is 13.1 Å². The minimum atomic E-state index is -3.59. The summed E-state index contributed by atoms with van der Waals surface area (Å²) in [6.07, 6.45) is 5.14. The van der Waals surface area contributed by atoms with Crippen LogP contribution in [0.4, 0.5) is 0 Å². The van der Waals surface area contributed by atoms with E-state index in [1.807, 2.05) is 18.7 Å². The molecule has 0 aliphatic carbocycles. The van der Waals surface area contributed by atoms with E-state index in [1.54, 1.807) is 24.3 Å². The van der Waals surface area contributed by atoms with Crippen LogP contribution in [0.3, 0.4) is 0 Å². The van der Waals surface area contributed by atoms with Gasteiger partial charge in [0.05, 0.1) is 4.90 Å². The van der Waals surface area contributed by atoms with Gasteiger partial charge in [-0.3, -0.25) is 14.5 Å². The first-order chi connectivity index (χ1) is 12.4. The number of sulfonamides is 1. The summed E-state index contributed by atoms with van der Waals surface area (Å²) in [5.74, 6) is 0.335. The molecule has 1 amide bonds. The molecule has 0 saturated carbocycles. The summed E-state index contributed by atoms with van der Waals surface area (Å²) in [4.78, 5) is 19.9. The maximum Gasteiger partial charge on any atom is 0.263 e. The van der Waals surface area contributed by atoms with Crippen molar-refractivity contribution in [3.05, 3.63) is 29.8 Å². The minimum absolute atomic E-state index is 0.0114. The van der Waals surface area contributed by atoms with Gasteiger partial charge in [0, 0.05) is 18.7 Å². The SMILES string of the molecule is CC[C@H](C)[C@H](N=C1NS(=O)(=O)c2ccccc21)C(=O)N1CCCCCC1. The van der Waals surface area contributed by atoms with Gasteiger partial charge >= 0.3 is 0 Å². The number of amidine groups is 1. The maximum absolute atomic E-state index is 13.2. The molecule has 1 fully saturated rings. The van der Waals surface area contributed by atoms with Gasteiger partial charge in [-0.25, -0.2) is 8.42 Å². The molecular weight excluding hydrogens is 350 g/mol. The van der Waals surface area contributed by atoms with E-state index in [4.69, 9.17) is 0 Å². The molecule has 0 unspecified atom stereocenters. The third-order valence-corrected chi connectivity index (χ3v) is 6.68. The van der Waals surface area contributed by atoms with Crippen LogP contribution in [-0.4, -0.2) is 44.2 Å². The zero-order chi connectivity index (χ0) is 18.7. The van der Waals surface area contributed by atoms with Crippen molar-refractivity contribution in [2.24, 2.45) is 10.9 Å². The molecule has 0 radical (unpaired) electrons. The lowest BCUT2D eigenvalue weighted by Crippen LogP contribution is -2.42. The second kappa shape index (κ2) is 7.78. The number of hydrogen-bond donors (Lipinski definition) is 1. The van der Waals surface area contributed by atoms with E-state index in [0.717, 1.165) is 45.2 Å². The standard InChI is InChI=1S/C19H27N3O3S/c1-3-14(2)17(19(23)22-12-8-4-5-9-13-22)20-18-15-10-6-7-11-16(15)26(24,25)21-18/h6-7,10-11,14,17H,3-5,8-9,12-13H2,1-2H3,(H,20,21)/t14-,17-/m0/s1. The fourth-order valence-electron chi connectivity index (χ4n) is 3.50. The Morgan fingerprint density at radius 2 is 1.85 bits per heavy atom. The topological polar surface area (TPSA) is 78.8 Å². The van der Waals surface area contributed by atoms with Crippen LogP contribution >= 0.6 is 0 Å². The second-order valence-electron chi connectivity index (χ2n) is 7.15. The van der Waals surface area contributed by atoms with Gasteiger partial charge in [-0.2, -0.15) is 0 Å². The summed E-state index contributed by atoms with van der Waals surface area (Å²) in [6.45, 7) is 5.55. The van der Waals surface area contributed by atoms with Gasteiger partial charge in [-0.15, -0.1) is 0 Å². The molecule has 1 saturated heterocycles. The number of benzene rings is 1. The Bertz CT molecular complexity index is 796. The number of carbonyl (C=O) groups is 1. The smallest absolute Gasteiger partial charge is 0.263 e. The van der Waals surface area contributed by atoms with Gasteiger partial charge in [0.2, 0.25) is 5.91 Å². The third-order valence-electron chi connectivity index (χ3n) is 5.28. The highest BCUT2D eigenvalue weighted by molar-refractivity contribution is 7.90. The Balaban J connectivity index is 1.94. The molecule has 1 N–H and O–H groups in total. The molecule has 2 aliphatic rings. The number of aliphatic imine (C=N–C) groups is 1. The van der Waals surface area contributed by atoms with Crippen LogP contribution in [0.1, 0.15) is 51.5 Å². The summed E-state index contributed by atoms with van der Waals surface area (Å²) >= 11 is 0. The zero-order valence-electron chi connectivity index (χ0n) is 15.4. The lowest BCUT2D eigenvalue weighted by molar-refractivity contribution is -0.133. The number of nitrogens with one attached hydrogen (secondary N) is 1. The van der Waals surface area contributed by atoms with Crippen molar-refractivity contribution in [3.63, 3.8) is 0 Å². The summed E-state index contributed by atoms with van der Waals surface area (Å²) in [7, 11) is -3.59. The Kier molecular flexibility index (Phi) is 5.65. The fraction of sp³-hybridized carbons (Fsp3) is 0.579. The van der Waals surface area contributed by atoms with Gasteiger partial charge in [-0.1, -0.05) is 45.2 Å². The van der Waals surface area contributed by atoms with E-state index < -0.39 is 16.1 Å². The Morgan fingerprint density at radius 1 is 1.19 bits per heavy atom. The van der Waals surface area contributed by atoms with Crippen LogP contribution in [0.2, 0.25) is 0 Å². The van der Waals surface area contributed by atoms with E-state index in [9.17, 15) is 13.2 Å². The maximum atomic E-state index is 13.2. The van der Waals surface area contributed by atoms with Crippen LogP contribution in [0.5, 0.6) is 0 Å². The number of nitrogens with zero attached hydrogens (tertiary/aromatic N) is 2. The largest absolute Gasteiger partial charge is 0.341 e. The van der Waals surface area contributed by atoms with Crippen molar-refractivity contribution in [1.29, 1.82) is 0 Å². The molecule has 0 bridgehead atoms. The van der Waals surface area contributed by atoms with E-state index in [-0.39, 0.29) is 22.6 Å². The van der Waals surface area contributed by atoms with Gasteiger partial charge in [0.25, 0.3) is 10.0 Å². The molecule has 2 heterocycles. The Labute approximate surface area is 155 Å². The minimum Gasteiger partial charge on any atom is -0.341 e. The van der Waals surface area contributed by atoms with Crippen molar-refractivity contribution in [2.45, 2.75) is 56.9 Å². The first-order valence-corrected chi connectivity index (χ1v) is 10.9. The summed E-state index contributed by atoms with van der Waals surface area (Å²) in [5, 5.41) is 0. The normalized spacial score (nSPS) is 23.0. The van der Waals surface area contributed by atoms with Crippen LogP contribution in [0.25, 0.3) is 0 Å². The Hall–Kier alpha value is -1.89. The monoisotopic (exact) mass is 377 g/mol. The summed E-state index contributed by atoms with van der Waals surface area (Å²) in [5.41, 5.74) is 0.546. The number of carbonyl (C=O) groups excluding carboxylic acids is 1. The van der Waals surface area contributed by atoms with E-state index in [1.165, 1.54) is 0 Å². The zero-order valence-corrected chi connectivity index (χ0v) is 16.3. The fourth-order valence-corrected chi connectivity index (χ4v) is 4.74. The number of rotatable bonds is 4. The van der Waals surface area contributed by atoms with Crippen molar-refractivity contribution in [3.8, 4) is 0 Å². The molecule has 1 aromatic rings. The highest BCUT2D eigenvalue weighted by atomic mass is 32.2. The molecule has 0 aromatic heterocycles. The molecular formula is C19H27N3O3S. The van der Waals surface area contributed by atoms with Gasteiger partial charge in [0.15, 0.2) is 0 Å². The number of likely N-dealkylation sites (tertiary alicyclic amines) is 1. The van der Waals surface area contributed by atoms with Gasteiger partial charge in [-0.05, 0) is 30.9 Å². The number of fused-ring (bicyclic) bond motifs is 1. The first-order valence-electron chi connectivity index (χ1n) is 9.43. The lowest BCUT2D eigenvalue weighted by Gasteiger charge is -2.27. The predicted molar refractivity (Wildman–Crippen MR) is 102 cm³/mol. The first kappa shape index (κ1) is 18.9. The molecule has 26 heavy (non-hydrogen) atoms. The van der Waals surface area contributed by atoms with Gasteiger partial charge < -0.3 is 4.90 Å². The third kappa shape index (κ3) is 3.77. The molecule has 3 rings (SSSR count). The summed E-state index contributed by atoms with van der Waals surface area (Å²) < 4.78 is 27.2.